The summed E-state index contributed by atoms with van der Waals surface area (Å²) in [5, 5.41) is 0. The predicted octanol–water partition coefficient (Wildman–Crippen LogP) is 4.03. The van der Waals surface area contributed by atoms with Crippen molar-refractivity contribution >= 4 is 0 Å². The summed E-state index contributed by atoms with van der Waals surface area (Å²) in [6.07, 6.45) is 4.83. The van der Waals surface area contributed by atoms with E-state index in [0.29, 0.717) is 11.3 Å². The van der Waals surface area contributed by atoms with E-state index in [2.05, 4.69) is 43.6 Å². The van der Waals surface area contributed by atoms with Gasteiger partial charge in [-0.2, -0.15) is 0 Å². The largest absolute Gasteiger partial charge is 0.0723 e. The van der Waals surface area contributed by atoms with Gasteiger partial charge in [-0.3, -0.25) is 0 Å². The van der Waals surface area contributed by atoms with Crippen LogP contribution in [0.25, 0.3) is 0 Å². The second kappa shape index (κ2) is 4.64. The third-order valence-corrected chi connectivity index (χ3v) is 4.72. The Hall–Kier alpha value is -1.92. The molecule has 0 aromatic heterocycles. The fourth-order valence-corrected chi connectivity index (χ4v) is 3.22. The standard InChI is InChI=1S/C19H18/c1-19(2)17-13-12-16(18(19)14-17)11-7-6-10-15-8-4-3-5-9-15/h3-5,8-9,12,17-18H,13-14H2,1-2H3. The van der Waals surface area contributed by atoms with E-state index in [0.717, 1.165) is 11.5 Å². The molecule has 0 aliphatic heterocycles. The van der Waals surface area contributed by atoms with E-state index in [-0.39, 0.29) is 0 Å². The molecule has 0 nitrogen and oxygen atoms in total. The molecule has 3 aliphatic carbocycles. The first-order valence-electron chi connectivity index (χ1n) is 6.95. The van der Waals surface area contributed by atoms with Crippen molar-refractivity contribution < 1.29 is 0 Å². The molecule has 0 saturated heterocycles. The van der Waals surface area contributed by atoms with Gasteiger partial charge in [0.25, 0.3) is 0 Å². The molecule has 1 aromatic rings. The van der Waals surface area contributed by atoms with Gasteiger partial charge in [-0.25, -0.2) is 0 Å². The molecule has 0 spiro atoms. The summed E-state index contributed by atoms with van der Waals surface area (Å²) in [5.74, 6) is 13.9. The third-order valence-electron chi connectivity index (χ3n) is 4.72. The Morgan fingerprint density at radius 2 is 1.79 bits per heavy atom. The lowest BCUT2D eigenvalue weighted by molar-refractivity contribution is -0.00247. The van der Waals surface area contributed by atoms with Crippen LogP contribution in [0.5, 0.6) is 0 Å². The predicted molar refractivity (Wildman–Crippen MR) is 79.2 cm³/mol. The molecule has 0 N–H and O–H groups in total. The molecule has 1 aromatic carbocycles. The van der Waals surface area contributed by atoms with E-state index in [9.17, 15) is 0 Å². The Kier molecular flexibility index (Phi) is 2.96. The van der Waals surface area contributed by atoms with E-state index in [1.165, 1.54) is 18.4 Å². The van der Waals surface area contributed by atoms with Gasteiger partial charge in [0, 0.05) is 11.1 Å². The molecule has 1 fully saturated rings. The molecule has 0 radical (unpaired) electrons. The van der Waals surface area contributed by atoms with E-state index < -0.39 is 0 Å². The second-order valence-corrected chi connectivity index (χ2v) is 6.07. The smallest absolute Gasteiger partial charge is 0.0255 e. The van der Waals surface area contributed by atoms with Crippen molar-refractivity contribution in [2.45, 2.75) is 26.7 Å². The van der Waals surface area contributed by atoms with Crippen molar-refractivity contribution in [1.29, 1.82) is 0 Å². The van der Waals surface area contributed by atoms with Crippen LogP contribution in [0.2, 0.25) is 0 Å². The van der Waals surface area contributed by atoms with Crippen LogP contribution in [0.1, 0.15) is 32.3 Å². The Labute approximate surface area is 115 Å². The minimum Gasteiger partial charge on any atom is -0.0723 e. The van der Waals surface area contributed by atoms with Crippen molar-refractivity contribution in [3.8, 4) is 23.7 Å². The number of allylic oxidation sites excluding steroid dienone is 2. The molecule has 1 saturated carbocycles. The molecular weight excluding hydrogens is 228 g/mol. The van der Waals surface area contributed by atoms with Crippen molar-refractivity contribution in [1.82, 2.24) is 0 Å². The van der Waals surface area contributed by atoms with Crippen LogP contribution < -0.4 is 0 Å². The number of fused-ring (bicyclic) bond motifs is 1. The van der Waals surface area contributed by atoms with Crippen LogP contribution in [0, 0.1) is 40.9 Å². The highest BCUT2D eigenvalue weighted by molar-refractivity contribution is 5.45. The zero-order valence-corrected chi connectivity index (χ0v) is 11.5. The lowest BCUT2D eigenvalue weighted by Crippen LogP contribution is -2.47. The van der Waals surface area contributed by atoms with Gasteiger partial charge in [-0.15, -0.1) is 0 Å². The molecule has 0 heteroatoms. The molecule has 2 bridgehead atoms. The Morgan fingerprint density at radius 1 is 1.05 bits per heavy atom. The normalized spacial score (nSPS) is 25.9. The van der Waals surface area contributed by atoms with E-state index in [1.54, 1.807) is 0 Å². The summed E-state index contributed by atoms with van der Waals surface area (Å²) in [5.41, 5.74) is 2.79. The average molecular weight is 246 g/mol. The van der Waals surface area contributed by atoms with Gasteiger partial charge >= 0.3 is 0 Å². The summed E-state index contributed by atoms with van der Waals surface area (Å²) in [7, 11) is 0. The molecule has 3 aliphatic rings. The molecule has 0 heterocycles. The fourth-order valence-electron chi connectivity index (χ4n) is 3.22. The first-order chi connectivity index (χ1) is 9.18. The van der Waals surface area contributed by atoms with Gasteiger partial charge < -0.3 is 0 Å². The van der Waals surface area contributed by atoms with Gasteiger partial charge in [0.1, 0.15) is 0 Å². The van der Waals surface area contributed by atoms with E-state index in [4.69, 9.17) is 0 Å². The second-order valence-electron chi connectivity index (χ2n) is 6.07. The summed E-state index contributed by atoms with van der Waals surface area (Å²) >= 11 is 0. The van der Waals surface area contributed by atoms with Crippen LogP contribution >= 0.6 is 0 Å². The first kappa shape index (κ1) is 12.1. The van der Waals surface area contributed by atoms with Crippen LogP contribution in [0.4, 0.5) is 0 Å². The highest BCUT2D eigenvalue weighted by Crippen LogP contribution is 2.58. The van der Waals surface area contributed by atoms with Crippen LogP contribution in [-0.4, -0.2) is 0 Å². The number of rotatable bonds is 0. The number of benzene rings is 1. The van der Waals surface area contributed by atoms with Crippen molar-refractivity contribution in [2.24, 2.45) is 17.3 Å². The molecule has 4 rings (SSSR count). The fraction of sp³-hybridized carbons (Fsp3) is 0.368. The summed E-state index contributed by atoms with van der Waals surface area (Å²) in [6, 6.07) is 10.0. The summed E-state index contributed by atoms with van der Waals surface area (Å²) in [4.78, 5) is 0. The highest BCUT2D eigenvalue weighted by Gasteiger charge is 2.50. The van der Waals surface area contributed by atoms with Gasteiger partial charge in [0.2, 0.25) is 0 Å². The average Bonchev–Trinajstić information content (AvgIpc) is 2.45. The quantitative estimate of drug-likeness (QED) is 0.606. The highest BCUT2D eigenvalue weighted by atomic mass is 14.5. The first-order valence-corrected chi connectivity index (χ1v) is 6.95. The van der Waals surface area contributed by atoms with Gasteiger partial charge in [0.05, 0.1) is 0 Å². The lowest BCUT2D eigenvalue weighted by Gasteiger charge is -2.55. The van der Waals surface area contributed by atoms with Crippen LogP contribution in [-0.2, 0) is 0 Å². The molecule has 2 unspecified atom stereocenters. The summed E-state index contributed by atoms with van der Waals surface area (Å²) < 4.78 is 0. The lowest BCUT2D eigenvalue weighted by atomic mass is 9.49. The van der Waals surface area contributed by atoms with Crippen LogP contribution in [0.15, 0.2) is 42.0 Å². The van der Waals surface area contributed by atoms with Gasteiger partial charge in [-0.1, -0.05) is 50.0 Å². The van der Waals surface area contributed by atoms with Crippen molar-refractivity contribution in [2.75, 3.05) is 0 Å². The molecule has 2 atom stereocenters. The van der Waals surface area contributed by atoms with Crippen LogP contribution in [0.3, 0.4) is 0 Å². The Balaban J connectivity index is 1.73. The third kappa shape index (κ3) is 2.20. The maximum absolute atomic E-state index is 3.27. The van der Waals surface area contributed by atoms with Crippen molar-refractivity contribution in [3.63, 3.8) is 0 Å². The maximum Gasteiger partial charge on any atom is 0.0255 e. The zero-order valence-electron chi connectivity index (χ0n) is 11.5. The van der Waals surface area contributed by atoms with Crippen molar-refractivity contribution in [3.05, 3.63) is 47.5 Å². The Morgan fingerprint density at radius 3 is 2.47 bits per heavy atom. The minimum atomic E-state index is 0.450. The molecule has 0 amide bonds. The monoisotopic (exact) mass is 246 g/mol. The topological polar surface area (TPSA) is 0 Å². The van der Waals surface area contributed by atoms with Gasteiger partial charge in [-0.05, 0) is 54.1 Å². The minimum absolute atomic E-state index is 0.450. The SMILES string of the molecule is CC1(C)C2CC=C(C#CC#Cc3ccccc3)C1C2. The number of hydrogen-bond donors (Lipinski definition) is 0. The Bertz CT molecular complexity index is 623. The van der Waals surface area contributed by atoms with E-state index in [1.807, 2.05) is 30.3 Å². The number of hydrogen-bond acceptors (Lipinski definition) is 0. The maximum atomic E-state index is 3.27. The summed E-state index contributed by atoms with van der Waals surface area (Å²) in [6.45, 7) is 4.74. The zero-order chi connectivity index (χ0) is 13.3. The van der Waals surface area contributed by atoms with E-state index >= 15 is 0 Å². The van der Waals surface area contributed by atoms with Gasteiger partial charge in [0.15, 0.2) is 0 Å². The molecular formula is C19H18. The molecule has 19 heavy (non-hydrogen) atoms. The molecule has 94 valence electrons.